The SMILES string of the molecule is CC1C(N)CCN(C(C)CC(F)(F)F)C1C. The van der Waals surface area contributed by atoms with Crippen molar-refractivity contribution in [3.05, 3.63) is 0 Å². The lowest BCUT2D eigenvalue weighted by atomic mass is 9.86. The van der Waals surface area contributed by atoms with Crippen molar-refractivity contribution in [2.45, 2.75) is 57.9 Å². The first kappa shape index (κ1) is 13.8. The molecular weight excluding hydrogens is 217 g/mol. The number of halogens is 3. The van der Waals surface area contributed by atoms with Crippen molar-refractivity contribution in [1.82, 2.24) is 4.90 Å². The van der Waals surface area contributed by atoms with Gasteiger partial charge in [-0.2, -0.15) is 13.2 Å². The van der Waals surface area contributed by atoms with Crippen LogP contribution >= 0.6 is 0 Å². The zero-order valence-corrected chi connectivity index (χ0v) is 10.1. The standard InChI is InChI=1S/C11H21F3N2/c1-7(6-11(12,13)14)16-5-4-10(15)8(2)9(16)3/h7-10H,4-6,15H2,1-3H3. The fourth-order valence-electron chi connectivity index (χ4n) is 2.50. The molecule has 0 radical (unpaired) electrons. The molecule has 0 saturated carbocycles. The monoisotopic (exact) mass is 238 g/mol. The minimum Gasteiger partial charge on any atom is -0.327 e. The Morgan fingerprint density at radius 3 is 2.44 bits per heavy atom. The van der Waals surface area contributed by atoms with Crippen molar-refractivity contribution in [1.29, 1.82) is 0 Å². The number of alkyl halides is 3. The lowest BCUT2D eigenvalue weighted by Crippen LogP contribution is -2.55. The van der Waals surface area contributed by atoms with Crippen molar-refractivity contribution >= 4 is 0 Å². The maximum absolute atomic E-state index is 12.3. The normalized spacial score (nSPS) is 35.1. The second-order valence-electron chi connectivity index (χ2n) is 4.96. The molecule has 2 N–H and O–H groups in total. The fourth-order valence-corrected chi connectivity index (χ4v) is 2.50. The van der Waals surface area contributed by atoms with Gasteiger partial charge in [0.25, 0.3) is 0 Å². The summed E-state index contributed by atoms with van der Waals surface area (Å²) in [6.45, 7) is 6.30. The van der Waals surface area contributed by atoms with E-state index < -0.39 is 18.6 Å². The van der Waals surface area contributed by atoms with E-state index in [1.807, 2.05) is 18.7 Å². The summed E-state index contributed by atoms with van der Waals surface area (Å²) in [5, 5.41) is 0. The second-order valence-corrected chi connectivity index (χ2v) is 4.96. The van der Waals surface area contributed by atoms with E-state index in [0.717, 1.165) is 6.42 Å². The molecule has 0 amide bonds. The Labute approximate surface area is 95.0 Å². The summed E-state index contributed by atoms with van der Waals surface area (Å²) in [5.74, 6) is 0.254. The predicted molar refractivity (Wildman–Crippen MR) is 58.1 cm³/mol. The van der Waals surface area contributed by atoms with Gasteiger partial charge in [-0.25, -0.2) is 0 Å². The third-order valence-corrected chi connectivity index (χ3v) is 3.77. The number of nitrogens with zero attached hydrogens (tertiary/aromatic N) is 1. The van der Waals surface area contributed by atoms with Crippen molar-refractivity contribution < 1.29 is 13.2 Å². The molecule has 1 fully saturated rings. The molecule has 1 aliphatic rings. The number of rotatable bonds is 2. The van der Waals surface area contributed by atoms with Gasteiger partial charge in [0.2, 0.25) is 0 Å². The van der Waals surface area contributed by atoms with Crippen LogP contribution in [0.5, 0.6) is 0 Å². The molecule has 1 rings (SSSR count). The van der Waals surface area contributed by atoms with Crippen LogP contribution in [0.25, 0.3) is 0 Å². The quantitative estimate of drug-likeness (QED) is 0.800. The smallest absolute Gasteiger partial charge is 0.327 e. The molecule has 0 spiro atoms. The summed E-state index contributed by atoms with van der Waals surface area (Å²) in [6, 6.07) is -0.213. The summed E-state index contributed by atoms with van der Waals surface area (Å²) in [5.41, 5.74) is 5.91. The van der Waals surface area contributed by atoms with E-state index in [2.05, 4.69) is 0 Å². The van der Waals surface area contributed by atoms with Gasteiger partial charge in [0.15, 0.2) is 0 Å². The van der Waals surface area contributed by atoms with Crippen LogP contribution in [-0.4, -0.2) is 35.7 Å². The summed E-state index contributed by atoms with van der Waals surface area (Å²) < 4.78 is 36.9. The molecule has 1 aliphatic heterocycles. The zero-order valence-electron chi connectivity index (χ0n) is 10.1. The minimum absolute atomic E-state index is 0.115. The molecule has 96 valence electrons. The molecule has 0 aromatic carbocycles. The maximum atomic E-state index is 12.3. The topological polar surface area (TPSA) is 29.3 Å². The van der Waals surface area contributed by atoms with Crippen LogP contribution in [0.1, 0.15) is 33.6 Å². The Balaban J connectivity index is 2.60. The Morgan fingerprint density at radius 1 is 1.38 bits per heavy atom. The van der Waals surface area contributed by atoms with E-state index in [1.54, 1.807) is 6.92 Å². The Kier molecular flexibility index (Phi) is 4.23. The van der Waals surface area contributed by atoms with Gasteiger partial charge in [0.1, 0.15) is 0 Å². The summed E-state index contributed by atoms with van der Waals surface area (Å²) in [4.78, 5) is 1.93. The first-order chi connectivity index (χ1) is 7.22. The maximum Gasteiger partial charge on any atom is 0.390 e. The van der Waals surface area contributed by atoms with Crippen molar-refractivity contribution in [3.8, 4) is 0 Å². The summed E-state index contributed by atoms with van der Waals surface area (Å²) in [6.07, 6.45) is -4.03. The van der Waals surface area contributed by atoms with E-state index in [1.165, 1.54) is 0 Å². The molecule has 1 saturated heterocycles. The van der Waals surface area contributed by atoms with Gasteiger partial charge in [-0.3, -0.25) is 4.90 Å². The van der Waals surface area contributed by atoms with Crippen LogP contribution in [0.4, 0.5) is 13.2 Å². The van der Waals surface area contributed by atoms with Gasteiger partial charge in [-0.15, -0.1) is 0 Å². The molecule has 4 unspecified atom stereocenters. The average molecular weight is 238 g/mol. The molecule has 1 heterocycles. The Hall–Kier alpha value is -0.290. The third kappa shape index (κ3) is 3.35. The summed E-state index contributed by atoms with van der Waals surface area (Å²) in [7, 11) is 0. The molecule has 4 atom stereocenters. The van der Waals surface area contributed by atoms with Crippen LogP contribution in [0.2, 0.25) is 0 Å². The highest BCUT2D eigenvalue weighted by atomic mass is 19.4. The average Bonchev–Trinajstić information content (AvgIpc) is 2.11. The zero-order chi connectivity index (χ0) is 12.5. The number of nitrogens with two attached hydrogens (primary N) is 1. The van der Waals surface area contributed by atoms with Gasteiger partial charge in [-0.05, 0) is 26.2 Å². The predicted octanol–water partition coefficient (Wildman–Crippen LogP) is 2.38. The Morgan fingerprint density at radius 2 is 1.94 bits per heavy atom. The molecule has 0 aliphatic carbocycles. The van der Waals surface area contributed by atoms with E-state index >= 15 is 0 Å². The van der Waals surface area contributed by atoms with E-state index in [0.29, 0.717) is 6.54 Å². The Bertz CT molecular complexity index is 230. The first-order valence-electron chi connectivity index (χ1n) is 5.80. The van der Waals surface area contributed by atoms with Gasteiger partial charge < -0.3 is 5.73 Å². The van der Waals surface area contributed by atoms with Crippen LogP contribution < -0.4 is 5.73 Å². The van der Waals surface area contributed by atoms with Crippen LogP contribution in [0.3, 0.4) is 0 Å². The number of hydrogen-bond donors (Lipinski definition) is 1. The number of likely N-dealkylation sites (tertiary alicyclic amines) is 1. The largest absolute Gasteiger partial charge is 0.390 e. The highest BCUT2D eigenvalue weighted by Crippen LogP contribution is 2.29. The van der Waals surface area contributed by atoms with Crippen molar-refractivity contribution in [2.24, 2.45) is 11.7 Å². The highest BCUT2D eigenvalue weighted by Gasteiger charge is 2.37. The van der Waals surface area contributed by atoms with Gasteiger partial charge in [-0.1, -0.05) is 6.92 Å². The molecular formula is C11H21F3N2. The molecule has 16 heavy (non-hydrogen) atoms. The summed E-state index contributed by atoms with van der Waals surface area (Å²) >= 11 is 0. The van der Waals surface area contributed by atoms with Crippen LogP contribution in [0.15, 0.2) is 0 Å². The van der Waals surface area contributed by atoms with E-state index in [9.17, 15) is 13.2 Å². The van der Waals surface area contributed by atoms with Crippen molar-refractivity contribution in [3.63, 3.8) is 0 Å². The van der Waals surface area contributed by atoms with Crippen molar-refractivity contribution in [2.75, 3.05) is 6.54 Å². The molecule has 0 aromatic heterocycles. The van der Waals surface area contributed by atoms with E-state index in [4.69, 9.17) is 5.73 Å². The van der Waals surface area contributed by atoms with Gasteiger partial charge in [0.05, 0.1) is 6.42 Å². The van der Waals surface area contributed by atoms with Gasteiger partial charge >= 0.3 is 6.18 Å². The van der Waals surface area contributed by atoms with Gasteiger partial charge in [0, 0.05) is 24.7 Å². The molecule has 2 nitrogen and oxygen atoms in total. The van der Waals surface area contributed by atoms with Crippen LogP contribution in [0, 0.1) is 5.92 Å². The minimum atomic E-state index is -4.08. The second kappa shape index (κ2) is 4.92. The lowest BCUT2D eigenvalue weighted by Gasteiger charge is -2.44. The fraction of sp³-hybridized carbons (Fsp3) is 1.00. The lowest BCUT2D eigenvalue weighted by molar-refractivity contribution is -0.150. The molecule has 5 heteroatoms. The highest BCUT2D eigenvalue weighted by molar-refractivity contribution is 4.89. The first-order valence-corrected chi connectivity index (χ1v) is 5.80. The van der Waals surface area contributed by atoms with Crippen LogP contribution in [-0.2, 0) is 0 Å². The number of hydrogen-bond acceptors (Lipinski definition) is 2. The molecule has 0 bridgehead atoms. The number of piperidine rings is 1. The van der Waals surface area contributed by atoms with E-state index in [-0.39, 0.29) is 18.0 Å². The third-order valence-electron chi connectivity index (χ3n) is 3.77. The molecule has 0 aromatic rings.